The van der Waals surface area contributed by atoms with Crippen molar-refractivity contribution in [3.8, 4) is 0 Å². The number of aryl methyl sites for hydroxylation is 1. The fourth-order valence-electron chi connectivity index (χ4n) is 3.56. The molecule has 1 aromatic heterocycles. The summed E-state index contributed by atoms with van der Waals surface area (Å²) < 4.78 is 42.7. The SMILES string of the molecule is CNCc1cn(S(=O)(=O)c2ccc(Cl)c(Cl)c2Cl)c2cc(Nc3ccc(C)cc3F)ccc12. The van der Waals surface area contributed by atoms with Crippen LogP contribution in [0, 0.1) is 12.7 Å². The number of benzene rings is 3. The van der Waals surface area contributed by atoms with Crippen molar-refractivity contribution in [3.05, 3.63) is 86.7 Å². The number of fused-ring (bicyclic) bond motifs is 1. The first-order valence-electron chi connectivity index (χ1n) is 9.84. The highest BCUT2D eigenvalue weighted by Crippen LogP contribution is 2.37. The number of rotatable bonds is 6. The molecule has 2 N–H and O–H groups in total. The minimum absolute atomic E-state index is 0.0384. The van der Waals surface area contributed by atoms with Crippen molar-refractivity contribution in [2.75, 3.05) is 12.4 Å². The molecule has 33 heavy (non-hydrogen) atoms. The Labute approximate surface area is 206 Å². The van der Waals surface area contributed by atoms with Gasteiger partial charge in [-0.3, -0.25) is 0 Å². The molecule has 1 heterocycles. The first kappa shape index (κ1) is 23.9. The number of aromatic nitrogens is 1. The van der Waals surface area contributed by atoms with Gasteiger partial charge in [0.2, 0.25) is 0 Å². The number of nitrogens with zero attached hydrogens (tertiary/aromatic N) is 1. The van der Waals surface area contributed by atoms with Crippen LogP contribution >= 0.6 is 34.8 Å². The highest BCUT2D eigenvalue weighted by Gasteiger charge is 2.26. The zero-order valence-corrected chi connectivity index (χ0v) is 20.7. The molecule has 0 radical (unpaired) electrons. The molecule has 4 rings (SSSR count). The lowest BCUT2D eigenvalue weighted by atomic mass is 10.1. The lowest BCUT2D eigenvalue weighted by molar-refractivity contribution is 0.589. The van der Waals surface area contributed by atoms with E-state index in [1.54, 1.807) is 44.3 Å². The Morgan fingerprint density at radius 1 is 1.00 bits per heavy atom. The van der Waals surface area contributed by atoms with Gasteiger partial charge in [-0.2, -0.15) is 0 Å². The number of hydrogen-bond donors (Lipinski definition) is 2. The van der Waals surface area contributed by atoms with Crippen LogP contribution in [-0.2, 0) is 16.6 Å². The van der Waals surface area contributed by atoms with E-state index >= 15 is 0 Å². The maximum atomic E-state index is 14.3. The normalized spacial score (nSPS) is 11.8. The smallest absolute Gasteiger partial charge is 0.269 e. The quantitative estimate of drug-likeness (QED) is 0.273. The van der Waals surface area contributed by atoms with Crippen LogP contribution in [0.5, 0.6) is 0 Å². The van der Waals surface area contributed by atoms with Gasteiger partial charge in [-0.1, -0.05) is 46.9 Å². The summed E-state index contributed by atoms with van der Waals surface area (Å²) in [5.41, 5.74) is 2.77. The molecule has 4 aromatic rings. The van der Waals surface area contributed by atoms with Crippen molar-refractivity contribution in [2.24, 2.45) is 0 Å². The van der Waals surface area contributed by atoms with Crippen LogP contribution in [0.1, 0.15) is 11.1 Å². The molecular weight excluding hydrogens is 508 g/mol. The lowest BCUT2D eigenvalue weighted by Gasteiger charge is -2.12. The van der Waals surface area contributed by atoms with Crippen molar-refractivity contribution in [2.45, 2.75) is 18.4 Å². The van der Waals surface area contributed by atoms with E-state index in [-0.39, 0.29) is 25.7 Å². The zero-order chi connectivity index (χ0) is 23.9. The Morgan fingerprint density at radius 3 is 2.45 bits per heavy atom. The summed E-state index contributed by atoms with van der Waals surface area (Å²) in [7, 11) is -2.36. The Kier molecular flexibility index (Phi) is 6.62. The molecule has 5 nitrogen and oxygen atoms in total. The molecule has 0 saturated carbocycles. The molecule has 0 saturated heterocycles. The maximum Gasteiger partial charge on any atom is 0.269 e. The molecule has 172 valence electrons. The average molecular weight is 527 g/mol. The first-order chi connectivity index (χ1) is 15.6. The van der Waals surface area contributed by atoms with E-state index < -0.39 is 15.8 Å². The van der Waals surface area contributed by atoms with Crippen LogP contribution < -0.4 is 10.6 Å². The minimum atomic E-state index is -4.12. The van der Waals surface area contributed by atoms with Gasteiger partial charge in [0.15, 0.2) is 0 Å². The highest BCUT2D eigenvalue weighted by molar-refractivity contribution is 7.90. The van der Waals surface area contributed by atoms with Gasteiger partial charge in [0.05, 0.1) is 26.3 Å². The molecular formula is C23H19Cl3FN3O2S. The van der Waals surface area contributed by atoms with Crippen molar-refractivity contribution >= 4 is 67.1 Å². The zero-order valence-electron chi connectivity index (χ0n) is 17.6. The van der Waals surface area contributed by atoms with Crippen LogP contribution in [-0.4, -0.2) is 19.4 Å². The molecule has 0 bridgehead atoms. The summed E-state index contributed by atoms with van der Waals surface area (Å²) in [5, 5.41) is 6.73. The van der Waals surface area contributed by atoms with Gasteiger partial charge in [0, 0.05) is 23.8 Å². The van der Waals surface area contributed by atoms with Crippen LogP contribution in [0.3, 0.4) is 0 Å². The Hall–Kier alpha value is -2.29. The molecule has 0 aliphatic heterocycles. The van der Waals surface area contributed by atoms with Crippen LogP contribution in [0.15, 0.2) is 59.6 Å². The van der Waals surface area contributed by atoms with Gasteiger partial charge >= 0.3 is 0 Å². The van der Waals surface area contributed by atoms with E-state index in [2.05, 4.69) is 10.6 Å². The molecule has 0 spiro atoms. The molecule has 0 fully saturated rings. The fraction of sp³-hybridized carbons (Fsp3) is 0.130. The highest BCUT2D eigenvalue weighted by atomic mass is 35.5. The Bertz CT molecular complexity index is 1490. The first-order valence-corrected chi connectivity index (χ1v) is 12.4. The largest absolute Gasteiger partial charge is 0.353 e. The third-order valence-electron chi connectivity index (χ3n) is 5.16. The van der Waals surface area contributed by atoms with Gasteiger partial charge < -0.3 is 10.6 Å². The molecule has 0 unspecified atom stereocenters. The number of anilines is 2. The Balaban J connectivity index is 1.88. The molecule has 3 aromatic carbocycles. The van der Waals surface area contributed by atoms with Crippen molar-refractivity contribution in [1.82, 2.24) is 9.29 Å². The lowest BCUT2D eigenvalue weighted by Crippen LogP contribution is -2.13. The van der Waals surface area contributed by atoms with Crippen LogP contribution in [0.25, 0.3) is 10.9 Å². The van der Waals surface area contributed by atoms with E-state index in [1.165, 1.54) is 24.4 Å². The van der Waals surface area contributed by atoms with Gasteiger partial charge in [0.25, 0.3) is 10.0 Å². The fourth-order valence-corrected chi connectivity index (χ4v) is 5.90. The van der Waals surface area contributed by atoms with Crippen molar-refractivity contribution in [1.29, 1.82) is 0 Å². The predicted molar refractivity (Wildman–Crippen MR) is 133 cm³/mol. The Morgan fingerprint density at radius 2 is 1.76 bits per heavy atom. The van der Waals surface area contributed by atoms with Crippen LogP contribution in [0.2, 0.25) is 15.1 Å². The number of halogens is 4. The number of nitrogens with one attached hydrogen (secondary N) is 2. The van der Waals surface area contributed by atoms with Crippen LogP contribution in [0.4, 0.5) is 15.8 Å². The summed E-state index contributed by atoms with van der Waals surface area (Å²) in [5.74, 6) is -0.406. The second-order valence-electron chi connectivity index (χ2n) is 7.50. The van der Waals surface area contributed by atoms with Gasteiger partial charge in [0.1, 0.15) is 10.7 Å². The number of hydrogen-bond acceptors (Lipinski definition) is 4. The second-order valence-corrected chi connectivity index (χ2v) is 10.4. The van der Waals surface area contributed by atoms with Gasteiger partial charge in [-0.25, -0.2) is 16.8 Å². The van der Waals surface area contributed by atoms with E-state index in [0.717, 1.165) is 20.5 Å². The van der Waals surface area contributed by atoms with E-state index in [0.29, 0.717) is 17.7 Å². The summed E-state index contributed by atoms with van der Waals surface area (Å²) in [6.45, 7) is 2.24. The van der Waals surface area contributed by atoms with E-state index in [9.17, 15) is 12.8 Å². The maximum absolute atomic E-state index is 14.3. The van der Waals surface area contributed by atoms with Gasteiger partial charge in [-0.05, 0) is 61.5 Å². The molecule has 0 amide bonds. The third kappa shape index (κ3) is 4.44. The standard InChI is InChI=1S/C23H19Cl3FN3O2S/c1-13-3-7-19(18(27)9-13)29-15-4-5-16-14(11-28-2)12-30(20(16)10-15)33(31,32)21-8-6-17(24)22(25)23(21)26/h3-10,12,28-29H,11H2,1-2H3. The average Bonchev–Trinajstić information content (AvgIpc) is 3.13. The second kappa shape index (κ2) is 9.16. The monoisotopic (exact) mass is 525 g/mol. The van der Waals surface area contributed by atoms with E-state index in [4.69, 9.17) is 34.8 Å². The van der Waals surface area contributed by atoms with Crippen molar-refractivity contribution < 1.29 is 12.8 Å². The van der Waals surface area contributed by atoms with E-state index in [1.807, 2.05) is 0 Å². The summed E-state index contributed by atoms with van der Waals surface area (Å²) in [6, 6.07) is 12.8. The summed E-state index contributed by atoms with van der Waals surface area (Å²) in [4.78, 5) is -0.172. The topological polar surface area (TPSA) is 63.1 Å². The minimum Gasteiger partial charge on any atom is -0.353 e. The molecule has 0 atom stereocenters. The summed E-state index contributed by atoms with van der Waals surface area (Å²) in [6.07, 6.45) is 1.53. The molecule has 0 aliphatic rings. The molecule has 0 aliphatic carbocycles. The van der Waals surface area contributed by atoms with Crippen molar-refractivity contribution in [3.63, 3.8) is 0 Å². The van der Waals surface area contributed by atoms with Gasteiger partial charge in [-0.15, -0.1) is 0 Å². The summed E-state index contributed by atoms with van der Waals surface area (Å²) >= 11 is 18.3. The third-order valence-corrected chi connectivity index (χ3v) is 8.28. The molecule has 10 heteroatoms. The predicted octanol–water partition coefficient (Wildman–Crippen LogP) is 6.75.